The number of ether oxygens (including phenoxy) is 1. The van der Waals surface area contributed by atoms with E-state index in [-0.39, 0.29) is 0 Å². The summed E-state index contributed by atoms with van der Waals surface area (Å²) in [4.78, 5) is 2.75. The topological polar surface area (TPSA) is 21.3 Å². The Kier molecular flexibility index (Phi) is 4.79. The Labute approximate surface area is 113 Å². The normalized spacial score (nSPS) is 10.6. The molecule has 18 heavy (non-hydrogen) atoms. The molecule has 0 unspecified atom stereocenters. The Bertz CT molecular complexity index is 493. The second-order valence-corrected chi connectivity index (χ2v) is 5.57. The number of hydrogen-bond acceptors (Lipinski definition) is 3. The molecule has 0 saturated heterocycles. The van der Waals surface area contributed by atoms with Gasteiger partial charge in [0, 0.05) is 22.8 Å². The molecular weight excluding hydrogens is 242 g/mol. The van der Waals surface area contributed by atoms with E-state index >= 15 is 0 Å². The fraction of sp³-hybridized carbons (Fsp3) is 0.333. The van der Waals surface area contributed by atoms with E-state index in [2.05, 4.69) is 36.5 Å². The molecule has 0 aliphatic heterocycles. The quantitative estimate of drug-likeness (QED) is 0.855. The SMILES string of the molecule is CCOc1cccc(CNCc2ccc(C)s2)c1. The molecule has 0 aliphatic carbocycles. The zero-order valence-corrected chi connectivity index (χ0v) is 11.7. The van der Waals surface area contributed by atoms with Gasteiger partial charge in [0.15, 0.2) is 0 Å². The van der Waals surface area contributed by atoms with Crippen molar-refractivity contribution in [2.24, 2.45) is 0 Å². The maximum Gasteiger partial charge on any atom is 0.119 e. The molecule has 96 valence electrons. The first-order valence-electron chi connectivity index (χ1n) is 6.25. The van der Waals surface area contributed by atoms with E-state index < -0.39 is 0 Å². The van der Waals surface area contributed by atoms with Gasteiger partial charge in [0.1, 0.15) is 5.75 Å². The van der Waals surface area contributed by atoms with E-state index in [9.17, 15) is 0 Å². The second-order valence-electron chi connectivity index (χ2n) is 4.20. The molecule has 0 spiro atoms. The van der Waals surface area contributed by atoms with Crippen LogP contribution in [0.15, 0.2) is 36.4 Å². The van der Waals surface area contributed by atoms with Gasteiger partial charge >= 0.3 is 0 Å². The fourth-order valence-corrected chi connectivity index (χ4v) is 2.68. The molecule has 1 N–H and O–H groups in total. The summed E-state index contributed by atoms with van der Waals surface area (Å²) in [5.41, 5.74) is 1.26. The van der Waals surface area contributed by atoms with Crippen LogP contribution in [-0.2, 0) is 13.1 Å². The van der Waals surface area contributed by atoms with Crippen molar-refractivity contribution in [1.82, 2.24) is 5.32 Å². The molecule has 0 amide bonds. The summed E-state index contributed by atoms with van der Waals surface area (Å²) in [6.45, 7) is 6.66. The van der Waals surface area contributed by atoms with E-state index in [0.717, 1.165) is 18.8 Å². The van der Waals surface area contributed by atoms with Gasteiger partial charge in [0.05, 0.1) is 6.61 Å². The Morgan fingerprint density at radius 3 is 2.78 bits per heavy atom. The van der Waals surface area contributed by atoms with Crippen LogP contribution in [0.4, 0.5) is 0 Å². The molecule has 1 aromatic heterocycles. The van der Waals surface area contributed by atoms with E-state index in [1.54, 1.807) is 0 Å². The molecule has 1 heterocycles. The van der Waals surface area contributed by atoms with Crippen molar-refractivity contribution < 1.29 is 4.74 Å². The maximum atomic E-state index is 5.49. The summed E-state index contributed by atoms with van der Waals surface area (Å²) < 4.78 is 5.49. The van der Waals surface area contributed by atoms with Crippen molar-refractivity contribution in [2.45, 2.75) is 26.9 Å². The van der Waals surface area contributed by atoms with Crippen molar-refractivity contribution in [2.75, 3.05) is 6.61 Å². The molecule has 0 fully saturated rings. The minimum Gasteiger partial charge on any atom is -0.494 e. The fourth-order valence-electron chi connectivity index (χ4n) is 1.82. The standard InChI is InChI=1S/C15H19NOS/c1-3-17-14-6-4-5-13(9-14)10-16-11-15-8-7-12(2)18-15/h4-9,16H,3,10-11H2,1-2H3. The highest BCUT2D eigenvalue weighted by Gasteiger charge is 1.98. The molecule has 0 saturated carbocycles. The maximum absolute atomic E-state index is 5.49. The van der Waals surface area contributed by atoms with Crippen LogP contribution in [0.25, 0.3) is 0 Å². The van der Waals surface area contributed by atoms with Gasteiger partial charge in [0.25, 0.3) is 0 Å². The highest BCUT2D eigenvalue weighted by Crippen LogP contribution is 2.16. The summed E-state index contributed by atoms with van der Waals surface area (Å²) in [7, 11) is 0. The van der Waals surface area contributed by atoms with E-state index in [0.29, 0.717) is 6.61 Å². The Balaban J connectivity index is 1.84. The highest BCUT2D eigenvalue weighted by molar-refractivity contribution is 7.11. The van der Waals surface area contributed by atoms with Crippen LogP contribution in [0.5, 0.6) is 5.75 Å². The Morgan fingerprint density at radius 2 is 2.06 bits per heavy atom. The lowest BCUT2D eigenvalue weighted by Gasteiger charge is -2.07. The van der Waals surface area contributed by atoms with E-state index in [4.69, 9.17) is 4.74 Å². The number of benzene rings is 1. The molecule has 0 radical (unpaired) electrons. The van der Waals surface area contributed by atoms with Crippen molar-refractivity contribution in [1.29, 1.82) is 0 Å². The summed E-state index contributed by atoms with van der Waals surface area (Å²) >= 11 is 1.85. The predicted octanol–water partition coefficient (Wildman–Crippen LogP) is 3.75. The lowest BCUT2D eigenvalue weighted by Crippen LogP contribution is -2.11. The number of nitrogens with one attached hydrogen (secondary N) is 1. The minimum atomic E-state index is 0.714. The molecule has 1 aromatic carbocycles. The molecule has 2 rings (SSSR count). The predicted molar refractivity (Wildman–Crippen MR) is 77.2 cm³/mol. The Morgan fingerprint density at radius 1 is 1.17 bits per heavy atom. The van der Waals surface area contributed by atoms with Crippen molar-refractivity contribution in [3.63, 3.8) is 0 Å². The average Bonchev–Trinajstić information content (AvgIpc) is 2.76. The second kappa shape index (κ2) is 6.57. The van der Waals surface area contributed by atoms with Crippen LogP contribution in [0.1, 0.15) is 22.2 Å². The number of rotatable bonds is 6. The lowest BCUT2D eigenvalue weighted by molar-refractivity contribution is 0.340. The van der Waals surface area contributed by atoms with Crippen molar-refractivity contribution in [3.05, 3.63) is 51.7 Å². The third-order valence-corrected chi connectivity index (χ3v) is 3.63. The zero-order chi connectivity index (χ0) is 12.8. The molecule has 0 atom stereocenters. The lowest BCUT2D eigenvalue weighted by atomic mass is 10.2. The van der Waals surface area contributed by atoms with Gasteiger partial charge in [-0.1, -0.05) is 12.1 Å². The minimum absolute atomic E-state index is 0.714. The molecule has 3 heteroatoms. The summed E-state index contributed by atoms with van der Waals surface area (Å²) in [5, 5.41) is 3.46. The van der Waals surface area contributed by atoms with Crippen LogP contribution in [0, 0.1) is 6.92 Å². The van der Waals surface area contributed by atoms with Gasteiger partial charge in [-0.05, 0) is 43.7 Å². The first kappa shape index (κ1) is 13.1. The number of hydrogen-bond donors (Lipinski definition) is 1. The molecule has 2 nitrogen and oxygen atoms in total. The van der Waals surface area contributed by atoms with E-state index in [1.807, 2.05) is 30.4 Å². The Hall–Kier alpha value is -1.32. The molecule has 0 bridgehead atoms. The molecule has 0 aliphatic rings. The van der Waals surface area contributed by atoms with Crippen LogP contribution in [0.3, 0.4) is 0 Å². The summed E-state index contributed by atoms with van der Waals surface area (Å²) in [5.74, 6) is 0.948. The third kappa shape index (κ3) is 3.86. The highest BCUT2D eigenvalue weighted by atomic mass is 32.1. The van der Waals surface area contributed by atoms with Gasteiger partial charge in [-0.15, -0.1) is 11.3 Å². The van der Waals surface area contributed by atoms with Crippen LogP contribution < -0.4 is 10.1 Å². The van der Waals surface area contributed by atoms with Gasteiger partial charge in [-0.25, -0.2) is 0 Å². The van der Waals surface area contributed by atoms with Crippen LogP contribution in [0.2, 0.25) is 0 Å². The van der Waals surface area contributed by atoms with Crippen LogP contribution in [-0.4, -0.2) is 6.61 Å². The number of aryl methyl sites for hydroxylation is 1. The first-order valence-corrected chi connectivity index (χ1v) is 7.07. The van der Waals surface area contributed by atoms with Crippen molar-refractivity contribution in [3.8, 4) is 5.75 Å². The van der Waals surface area contributed by atoms with Gasteiger partial charge in [0.2, 0.25) is 0 Å². The zero-order valence-electron chi connectivity index (χ0n) is 10.9. The van der Waals surface area contributed by atoms with Crippen molar-refractivity contribution >= 4 is 11.3 Å². The smallest absolute Gasteiger partial charge is 0.119 e. The summed E-state index contributed by atoms with van der Waals surface area (Å²) in [6.07, 6.45) is 0. The summed E-state index contributed by atoms with van der Waals surface area (Å²) in [6, 6.07) is 12.6. The van der Waals surface area contributed by atoms with E-state index in [1.165, 1.54) is 15.3 Å². The third-order valence-electron chi connectivity index (χ3n) is 2.63. The van der Waals surface area contributed by atoms with Gasteiger partial charge in [-0.3, -0.25) is 0 Å². The average molecular weight is 261 g/mol. The largest absolute Gasteiger partial charge is 0.494 e. The van der Waals surface area contributed by atoms with Gasteiger partial charge in [-0.2, -0.15) is 0 Å². The van der Waals surface area contributed by atoms with Gasteiger partial charge < -0.3 is 10.1 Å². The monoisotopic (exact) mass is 261 g/mol. The molecular formula is C15H19NOS. The molecule has 2 aromatic rings. The van der Waals surface area contributed by atoms with Crippen LogP contribution >= 0.6 is 11.3 Å². The first-order chi connectivity index (χ1) is 8.78. The number of thiophene rings is 1.